The number of benzene rings is 1. The average Bonchev–Trinajstić information content (AvgIpc) is 3.11. The second kappa shape index (κ2) is 11.9. The van der Waals surface area contributed by atoms with E-state index in [0.29, 0.717) is 17.5 Å². The van der Waals surface area contributed by atoms with E-state index < -0.39 is 5.82 Å². The Bertz CT molecular complexity index is 473. The summed E-state index contributed by atoms with van der Waals surface area (Å²) in [4.78, 5) is 8.36. The van der Waals surface area contributed by atoms with Crippen LogP contribution >= 0.6 is 0 Å². The minimum atomic E-state index is -0.487. The largest absolute Gasteiger partial charge is 0.483 e. The number of carbonyl (C=O) groups is 1. The van der Waals surface area contributed by atoms with Gasteiger partial charge in [0, 0.05) is 25.3 Å². The molecule has 1 aromatic carbocycles. The van der Waals surface area contributed by atoms with Crippen molar-refractivity contribution in [2.24, 2.45) is 0 Å². The van der Waals surface area contributed by atoms with Gasteiger partial charge in [-0.25, -0.2) is 8.78 Å². The van der Waals surface area contributed by atoms with Crippen LogP contribution in [-0.4, -0.2) is 37.9 Å². The normalized spacial score (nSPS) is 18.1. The summed E-state index contributed by atoms with van der Waals surface area (Å²) in [7, 11) is 2.01. The van der Waals surface area contributed by atoms with Crippen molar-refractivity contribution in [1.29, 1.82) is 0 Å². The van der Waals surface area contributed by atoms with Crippen molar-refractivity contribution in [3.8, 4) is 0 Å². The van der Waals surface area contributed by atoms with Crippen LogP contribution in [0.5, 0.6) is 0 Å². The van der Waals surface area contributed by atoms with Gasteiger partial charge in [0.2, 0.25) is 0 Å². The lowest BCUT2D eigenvalue weighted by Gasteiger charge is -2.20. The van der Waals surface area contributed by atoms with E-state index in [-0.39, 0.29) is 12.3 Å². The smallest absolute Gasteiger partial charge is 0.290 e. The zero-order valence-corrected chi connectivity index (χ0v) is 14.1. The van der Waals surface area contributed by atoms with Crippen LogP contribution in [-0.2, 0) is 9.53 Å². The van der Waals surface area contributed by atoms with Crippen LogP contribution < -0.4 is 5.32 Å². The number of halogens is 2. The number of hydrogen-bond acceptors (Lipinski definition) is 3. The Kier molecular flexibility index (Phi) is 10.2. The zero-order valence-electron chi connectivity index (χ0n) is 14.1. The van der Waals surface area contributed by atoms with Gasteiger partial charge in [0.15, 0.2) is 0 Å². The van der Waals surface area contributed by atoms with E-state index in [4.69, 9.17) is 14.6 Å². The van der Waals surface area contributed by atoms with E-state index in [1.165, 1.54) is 31.7 Å². The van der Waals surface area contributed by atoms with Crippen LogP contribution in [0.4, 0.5) is 8.78 Å². The first-order valence-corrected chi connectivity index (χ1v) is 8.40. The molecule has 1 heterocycles. The Morgan fingerprint density at radius 3 is 2.21 bits per heavy atom. The molecule has 0 unspecified atom stereocenters. The molecular weight excluding hydrogens is 316 g/mol. The zero-order chi connectivity index (χ0) is 17.8. The summed E-state index contributed by atoms with van der Waals surface area (Å²) in [5.41, 5.74) is 0.693. The van der Waals surface area contributed by atoms with Crippen molar-refractivity contribution < 1.29 is 23.4 Å². The molecule has 0 bridgehead atoms. The molecule has 136 valence electrons. The fraction of sp³-hybridized carbons (Fsp3) is 0.611. The molecule has 0 atom stereocenters. The highest BCUT2D eigenvalue weighted by molar-refractivity contribution is 5.32. The maximum atomic E-state index is 13.3. The Morgan fingerprint density at radius 1 is 1.17 bits per heavy atom. The third-order valence-corrected chi connectivity index (χ3v) is 4.39. The first-order valence-electron chi connectivity index (χ1n) is 8.40. The maximum absolute atomic E-state index is 13.3. The quantitative estimate of drug-likeness (QED) is 0.804. The molecule has 3 rings (SSSR count). The Labute approximate surface area is 142 Å². The van der Waals surface area contributed by atoms with Gasteiger partial charge in [0.1, 0.15) is 11.6 Å². The number of nitrogens with one attached hydrogen (secondary N) is 1. The lowest BCUT2D eigenvalue weighted by Crippen LogP contribution is -2.31. The summed E-state index contributed by atoms with van der Waals surface area (Å²) < 4.78 is 31.0. The van der Waals surface area contributed by atoms with Gasteiger partial charge < -0.3 is 15.2 Å². The first-order chi connectivity index (χ1) is 11.6. The monoisotopic (exact) mass is 343 g/mol. The molecule has 2 aliphatic rings. The molecular formula is C18H27F2NO3. The summed E-state index contributed by atoms with van der Waals surface area (Å²) in [6, 6.07) is 4.62. The molecule has 2 fully saturated rings. The van der Waals surface area contributed by atoms with Crippen LogP contribution in [0.3, 0.4) is 0 Å². The average molecular weight is 343 g/mol. The minimum absolute atomic E-state index is 0.250. The van der Waals surface area contributed by atoms with Crippen LogP contribution in [0, 0.1) is 11.6 Å². The van der Waals surface area contributed by atoms with E-state index in [1.54, 1.807) is 6.07 Å². The molecule has 6 heteroatoms. The van der Waals surface area contributed by atoms with Crippen molar-refractivity contribution in [3.63, 3.8) is 0 Å². The molecule has 1 saturated heterocycles. The molecule has 4 nitrogen and oxygen atoms in total. The minimum Gasteiger partial charge on any atom is -0.483 e. The van der Waals surface area contributed by atoms with Crippen LogP contribution in [0.15, 0.2) is 18.2 Å². The maximum Gasteiger partial charge on any atom is 0.290 e. The summed E-state index contributed by atoms with van der Waals surface area (Å²) >= 11 is 0. The van der Waals surface area contributed by atoms with Crippen molar-refractivity contribution >= 4 is 6.47 Å². The molecule has 0 radical (unpaired) electrons. The lowest BCUT2D eigenvalue weighted by molar-refractivity contribution is -0.122. The molecule has 0 amide bonds. The van der Waals surface area contributed by atoms with Crippen LogP contribution in [0.1, 0.15) is 50.0 Å². The Balaban J connectivity index is 0.000000224. The number of hydrogen-bond donors (Lipinski definition) is 2. The molecule has 1 aliphatic carbocycles. The van der Waals surface area contributed by atoms with Crippen LogP contribution in [0.25, 0.3) is 0 Å². The van der Waals surface area contributed by atoms with Gasteiger partial charge in [0.05, 0.1) is 0 Å². The standard InChI is InChI=1S/C11H12F2.C6H13NO.CH2O2/c12-9-5-6-10(11(13)7-9)8-3-1-2-4-8;1-7-6-2-4-8-5-3-6;2-1-3/h5-8H,1-4H2;6-7H,2-5H2,1H3;1H,(H,2,3). The number of carboxylic acid groups (broad SMARTS) is 1. The summed E-state index contributed by atoms with van der Waals surface area (Å²) in [6.45, 7) is 1.62. The second-order valence-electron chi connectivity index (χ2n) is 5.93. The molecule has 2 N–H and O–H groups in total. The van der Waals surface area contributed by atoms with Gasteiger partial charge in [-0.1, -0.05) is 18.9 Å². The molecule has 24 heavy (non-hydrogen) atoms. The van der Waals surface area contributed by atoms with Gasteiger partial charge in [0.25, 0.3) is 6.47 Å². The predicted octanol–water partition coefficient (Wildman–Crippen LogP) is 3.71. The SMILES string of the molecule is CNC1CCOCC1.Fc1ccc(C2CCCC2)c(F)c1.O=CO. The molecule has 1 aromatic rings. The Hall–Kier alpha value is -1.53. The first kappa shape index (κ1) is 20.5. The topological polar surface area (TPSA) is 58.6 Å². The fourth-order valence-electron chi connectivity index (χ4n) is 3.06. The van der Waals surface area contributed by atoms with Gasteiger partial charge in [-0.05, 0) is 50.3 Å². The number of rotatable bonds is 2. The fourth-order valence-corrected chi connectivity index (χ4v) is 3.06. The Morgan fingerprint density at radius 2 is 1.75 bits per heavy atom. The van der Waals surface area contributed by atoms with Crippen LogP contribution in [0.2, 0.25) is 0 Å². The van der Waals surface area contributed by atoms with Crippen molar-refractivity contribution in [1.82, 2.24) is 5.32 Å². The van der Waals surface area contributed by atoms with Gasteiger partial charge in [-0.3, -0.25) is 4.79 Å². The van der Waals surface area contributed by atoms with E-state index in [1.807, 2.05) is 7.05 Å². The predicted molar refractivity (Wildman–Crippen MR) is 89.2 cm³/mol. The summed E-state index contributed by atoms with van der Waals surface area (Å²) in [5.74, 6) is -0.549. The summed E-state index contributed by atoms with van der Waals surface area (Å²) in [6.07, 6.45) is 6.78. The molecule has 1 saturated carbocycles. The third-order valence-electron chi connectivity index (χ3n) is 4.39. The van der Waals surface area contributed by atoms with E-state index in [0.717, 1.165) is 32.1 Å². The highest BCUT2D eigenvalue weighted by Crippen LogP contribution is 2.35. The summed E-state index contributed by atoms with van der Waals surface area (Å²) in [5, 5.41) is 10.1. The van der Waals surface area contributed by atoms with E-state index >= 15 is 0 Å². The highest BCUT2D eigenvalue weighted by Gasteiger charge is 2.20. The van der Waals surface area contributed by atoms with Crippen molar-refractivity contribution in [3.05, 3.63) is 35.4 Å². The van der Waals surface area contributed by atoms with Gasteiger partial charge >= 0.3 is 0 Å². The van der Waals surface area contributed by atoms with Crippen molar-refractivity contribution in [2.45, 2.75) is 50.5 Å². The van der Waals surface area contributed by atoms with Gasteiger partial charge in [-0.15, -0.1) is 0 Å². The van der Waals surface area contributed by atoms with E-state index in [9.17, 15) is 8.78 Å². The lowest BCUT2D eigenvalue weighted by atomic mass is 9.97. The van der Waals surface area contributed by atoms with Crippen molar-refractivity contribution in [2.75, 3.05) is 20.3 Å². The highest BCUT2D eigenvalue weighted by atomic mass is 19.1. The van der Waals surface area contributed by atoms with E-state index in [2.05, 4.69) is 5.32 Å². The molecule has 0 aromatic heterocycles. The molecule has 1 aliphatic heterocycles. The number of ether oxygens (including phenoxy) is 1. The molecule has 0 spiro atoms. The third kappa shape index (κ3) is 7.36. The van der Waals surface area contributed by atoms with Gasteiger partial charge in [-0.2, -0.15) is 0 Å². The second-order valence-corrected chi connectivity index (χ2v) is 5.93.